The van der Waals surface area contributed by atoms with E-state index in [9.17, 15) is 0 Å². The zero-order valence-electron chi connectivity index (χ0n) is 13.2. The van der Waals surface area contributed by atoms with Crippen molar-refractivity contribution in [2.24, 2.45) is 0 Å². The molecule has 1 saturated heterocycles. The number of rotatable bonds is 5. The largest absolute Gasteiger partial charge is 0.379 e. The molecule has 122 valence electrons. The van der Waals surface area contributed by atoms with Gasteiger partial charge in [0.25, 0.3) is 0 Å². The minimum Gasteiger partial charge on any atom is -0.379 e. The number of nitrogens with zero attached hydrogens (tertiary/aromatic N) is 1. The first-order valence-electron chi connectivity index (χ1n) is 8.51. The zero-order valence-corrected chi connectivity index (χ0v) is 14.8. The Morgan fingerprint density at radius 1 is 1.09 bits per heavy atom. The molecule has 3 rings (SSSR count). The van der Waals surface area contributed by atoms with Crippen LogP contribution in [0.25, 0.3) is 0 Å². The van der Waals surface area contributed by atoms with Crippen LogP contribution in [0.15, 0.2) is 28.7 Å². The molecule has 1 saturated carbocycles. The van der Waals surface area contributed by atoms with E-state index in [0.29, 0.717) is 12.1 Å². The highest BCUT2D eigenvalue weighted by molar-refractivity contribution is 9.10. The van der Waals surface area contributed by atoms with Crippen molar-refractivity contribution >= 4 is 15.9 Å². The average molecular weight is 368 g/mol. The zero-order chi connectivity index (χ0) is 15.2. The van der Waals surface area contributed by atoms with Gasteiger partial charge >= 0.3 is 0 Å². The molecule has 0 amide bonds. The number of ether oxygens (including phenoxy) is 2. The molecular weight excluding hydrogens is 342 g/mol. The van der Waals surface area contributed by atoms with Crippen molar-refractivity contribution in [3.8, 4) is 0 Å². The number of halogens is 1. The molecule has 1 aliphatic heterocycles. The maximum atomic E-state index is 6.29. The highest BCUT2D eigenvalue weighted by atomic mass is 79.9. The van der Waals surface area contributed by atoms with Gasteiger partial charge in [0, 0.05) is 23.6 Å². The van der Waals surface area contributed by atoms with Crippen molar-refractivity contribution in [1.29, 1.82) is 0 Å². The molecule has 2 aliphatic rings. The monoisotopic (exact) mass is 367 g/mol. The summed E-state index contributed by atoms with van der Waals surface area (Å²) in [5.41, 5.74) is 1.35. The quantitative estimate of drug-likeness (QED) is 0.792. The lowest BCUT2D eigenvalue weighted by molar-refractivity contribution is -0.0647. The summed E-state index contributed by atoms with van der Waals surface area (Å²) in [6, 6.07) is 9.16. The van der Waals surface area contributed by atoms with Crippen molar-refractivity contribution in [2.45, 2.75) is 44.2 Å². The highest BCUT2D eigenvalue weighted by Crippen LogP contribution is 2.26. The lowest BCUT2D eigenvalue weighted by Gasteiger charge is -2.41. The predicted octanol–water partition coefficient (Wildman–Crippen LogP) is 3.65. The van der Waals surface area contributed by atoms with Gasteiger partial charge in [-0.25, -0.2) is 0 Å². The highest BCUT2D eigenvalue weighted by Gasteiger charge is 2.31. The summed E-state index contributed by atoms with van der Waals surface area (Å²) >= 11 is 3.48. The third-order valence-corrected chi connectivity index (χ3v) is 5.35. The molecule has 0 radical (unpaired) electrons. The Balaban J connectivity index is 1.49. The third kappa shape index (κ3) is 4.54. The van der Waals surface area contributed by atoms with Crippen molar-refractivity contribution in [3.63, 3.8) is 0 Å². The molecule has 2 fully saturated rings. The summed E-state index contributed by atoms with van der Waals surface area (Å²) in [5, 5.41) is 0. The second-order valence-electron chi connectivity index (χ2n) is 6.29. The van der Waals surface area contributed by atoms with Crippen LogP contribution in [0.2, 0.25) is 0 Å². The van der Waals surface area contributed by atoms with Gasteiger partial charge in [0.2, 0.25) is 0 Å². The molecule has 0 aromatic heterocycles. The van der Waals surface area contributed by atoms with Crippen LogP contribution in [-0.2, 0) is 15.9 Å². The second kappa shape index (κ2) is 8.44. The van der Waals surface area contributed by atoms with Gasteiger partial charge in [-0.3, -0.25) is 4.90 Å². The Hall–Kier alpha value is -0.420. The van der Waals surface area contributed by atoms with Crippen LogP contribution in [0.3, 0.4) is 0 Å². The van der Waals surface area contributed by atoms with Crippen LogP contribution in [-0.4, -0.2) is 50.0 Å². The number of morpholine rings is 1. The molecule has 0 spiro atoms. The Bertz CT molecular complexity index is 445. The van der Waals surface area contributed by atoms with Gasteiger partial charge in [-0.1, -0.05) is 40.9 Å². The van der Waals surface area contributed by atoms with Crippen LogP contribution < -0.4 is 0 Å². The second-order valence-corrected chi connectivity index (χ2v) is 7.20. The van der Waals surface area contributed by atoms with E-state index < -0.39 is 0 Å². The SMILES string of the molecule is Brc1ccc(CCO[C@H]2CCCC[C@@H]2N2CCOCC2)cc1. The standard InChI is InChI=1S/C18H26BrNO2/c19-16-7-5-15(6-8-16)9-12-22-18-4-2-1-3-17(18)20-10-13-21-14-11-20/h5-8,17-18H,1-4,9-14H2/t17-,18-/m0/s1. The van der Waals surface area contributed by atoms with Gasteiger partial charge in [-0.2, -0.15) is 0 Å². The third-order valence-electron chi connectivity index (χ3n) is 4.82. The van der Waals surface area contributed by atoms with Crippen LogP contribution in [0.5, 0.6) is 0 Å². The lowest BCUT2D eigenvalue weighted by atomic mass is 9.91. The van der Waals surface area contributed by atoms with Gasteiger partial charge < -0.3 is 9.47 Å². The Morgan fingerprint density at radius 3 is 2.59 bits per heavy atom. The maximum Gasteiger partial charge on any atom is 0.0730 e. The molecule has 1 aromatic carbocycles. The number of hydrogen-bond acceptors (Lipinski definition) is 3. The number of hydrogen-bond donors (Lipinski definition) is 0. The van der Waals surface area contributed by atoms with E-state index in [-0.39, 0.29) is 0 Å². The lowest BCUT2D eigenvalue weighted by Crippen LogP contribution is -2.51. The summed E-state index contributed by atoms with van der Waals surface area (Å²) in [5.74, 6) is 0. The molecule has 0 bridgehead atoms. The van der Waals surface area contributed by atoms with Gasteiger partial charge in [0.05, 0.1) is 25.9 Å². The van der Waals surface area contributed by atoms with Crippen LogP contribution in [0, 0.1) is 0 Å². The summed E-state index contributed by atoms with van der Waals surface area (Å²) < 4.78 is 12.9. The average Bonchev–Trinajstić information content (AvgIpc) is 2.58. The van der Waals surface area contributed by atoms with Crippen molar-refractivity contribution < 1.29 is 9.47 Å². The van der Waals surface area contributed by atoms with E-state index >= 15 is 0 Å². The summed E-state index contributed by atoms with van der Waals surface area (Å²) in [4.78, 5) is 2.59. The van der Waals surface area contributed by atoms with Gasteiger partial charge in [0.15, 0.2) is 0 Å². The topological polar surface area (TPSA) is 21.7 Å². The fourth-order valence-electron chi connectivity index (χ4n) is 3.58. The Labute approximate surface area is 142 Å². The molecule has 2 atom stereocenters. The van der Waals surface area contributed by atoms with E-state index in [1.54, 1.807) is 0 Å². The molecular formula is C18H26BrNO2. The van der Waals surface area contributed by atoms with E-state index in [1.807, 2.05) is 0 Å². The molecule has 0 N–H and O–H groups in total. The van der Waals surface area contributed by atoms with E-state index in [0.717, 1.165) is 43.8 Å². The van der Waals surface area contributed by atoms with Crippen LogP contribution in [0.4, 0.5) is 0 Å². The maximum absolute atomic E-state index is 6.29. The van der Waals surface area contributed by atoms with Crippen LogP contribution >= 0.6 is 15.9 Å². The summed E-state index contributed by atoms with van der Waals surface area (Å²) in [6.07, 6.45) is 6.55. The van der Waals surface area contributed by atoms with Crippen molar-refractivity contribution in [1.82, 2.24) is 4.90 Å². The molecule has 22 heavy (non-hydrogen) atoms. The minimum absolute atomic E-state index is 0.405. The minimum atomic E-state index is 0.405. The first-order valence-corrected chi connectivity index (χ1v) is 9.30. The number of benzene rings is 1. The Morgan fingerprint density at radius 2 is 1.82 bits per heavy atom. The van der Waals surface area contributed by atoms with Gasteiger partial charge in [0.1, 0.15) is 0 Å². The summed E-state index contributed by atoms with van der Waals surface area (Å²) in [7, 11) is 0. The van der Waals surface area contributed by atoms with Crippen LogP contribution in [0.1, 0.15) is 31.2 Å². The molecule has 1 aromatic rings. The molecule has 3 nitrogen and oxygen atoms in total. The first-order chi connectivity index (χ1) is 10.8. The smallest absolute Gasteiger partial charge is 0.0730 e. The van der Waals surface area contributed by atoms with Crippen molar-refractivity contribution in [3.05, 3.63) is 34.3 Å². The van der Waals surface area contributed by atoms with E-state index in [2.05, 4.69) is 45.1 Å². The molecule has 4 heteroatoms. The fraction of sp³-hybridized carbons (Fsp3) is 0.667. The predicted molar refractivity (Wildman–Crippen MR) is 92.2 cm³/mol. The summed E-state index contributed by atoms with van der Waals surface area (Å²) in [6.45, 7) is 4.71. The van der Waals surface area contributed by atoms with Gasteiger partial charge in [-0.05, 0) is 37.0 Å². The van der Waals surface area contributed by atoms with E-state index in [4.69, 9.17) is 9.47 Å². The van der Waals surface area contributed by atoms with Gasteiger partial charge in [-0.15, -0.1) is 0 Å². The molecule has 0 unspecified atom stereocenters. The van der Waals surface area contributed by atoms with Crippen molar-refractivity contribution in [2.75, 3.05) is 32.9 Å². The molecule has 1 heterocycles. The molecule has 1 aliphatic carbocycles. The van der Waals surface area contributed by atoms with E-state index in [1.165, 1.54) is 31.2 Å². The first kappa shape index (κ1) is 16.4. The normalized spacial score (nSPS) is 27.0. The fourth-order valence-corrected chi connectivity index (χ4v) is 3.84. The Kier molecular flexibility index (Phi) is 6.30.